The van der Waals surface area contributed by atoms with Gasteiger partial charge in [0.05, 0.1) is 0 Å². The SMILES string of the molecule is C=C/C=C\c1ccccc1Cc1ccc(-c2nc(-c3ccccc3)nc(-c3c(C4=c5ccccc5=CCC4)ccc4oc5ccccc5c34)n2)cc1. The molecule has 0 fully saturated rings. The van der Waals surface area contributed by atoms with Crippen LogP contribution in [0.3, 0.4) is 0 Å². The smallest absolute Gasteiger partial charge is 0.165 e. The van der Waals surface area contributed by atoms with Crippen LogP contribution in [0.25, 0.3) is 73.8 Å². The van der Waals surface area contributed by atoms with E-state index in [1.807, 2.05) is 42.5 Å². The summed E-state index contributed by atoms with van der Waals surface area (Å²) < 4.78 is 6.45. The average molecular weight is 670 g/mol. The summed E-state index contributed by atoms with van der Waals surface area (Å²) in [5, 5.41) is 4.56. The van der Waals surface area contributed by atoms with E-state index >= 15 is 0 Å². The summed E-state index contributed by atoms with van der Waals surface area (Å²) in [6.07, 6.45) is 10.9. The van der Waals surface area contributed by atoms with Gasteiger partial charge in [-0.3, -0.25) is 0 Å². The minimum Gasteiger partial charge on any atom is -0.456 e. The van der Waals surface area contributed by atoms with E-state index in [0.717, 1.165) is 63.5 Å². The Bertz CT molecular complexity index is 2780. The zero-order valence-corrected chi connectivity index (χ0v) is 28.7. The van der Waals surface area contributed by atoms with Crippen LogP contribution in [0.15, 0.2) is 163 Å². The number of allylic oxidation sites excluding steroid dienone is 2. The molecular formula is C48H35N3O. The summed E-state index contributed by atoms with van der Waals surface area (Å²) in [5.74, 6) is 1.89. The van der Waals surface area contributed by atoms with Crippen LogP contribution >= 0.6 is 0 Å². The van der Waals surface area contributed by atoms with E-state index in [1.54, 1.807) is 0 Å². The molecule has 0 unspecified atom stereocenters. The van der Waals surface area contributed by atoms with Gasteiger partial charge in [0.2, 0.25) is 0 Å². The van der Waals surface area contributed by atoms with Crippen molar-refractivity contribution in [3.8, 4) is 34.2 Å². The molecule has 52 heavy (non-hydrogen) atoms. The van der Waals surface area contributed by atoms with Gasteiger partial charge in [-0.25, -0.2) is 15.0 Å². The number of fused-ring (bicyclic) bond motifs is 4. The molecule has 0 atom stereocenters. The maximum absolute atomic E-state index is 6.45. The van der Waals surface area contributed by atoms with E-state index in [2.05, 4.69) is 128 Å². The molecule has 0 bridgehead atoms. The highest BCUT2D eigenvalue weighted by atomic mass is 16.3. The first kappa shape index (κ1) is 31.3. The van der Waals surface area contributed by atoms with E-state index in [4.69, 9.17) is 19.4 Å². The molecule has 0 saturated carbocycles. The highest BCUT2D eigenvalue weighted by Crippen LogP contribution is 2.41. The van der Waals surface area contributed by atoms with E-state index in [-0.39, 0.29) is 0 Å². The van der Waals surface area contributed by atoms with Gasteiger partial charge in [-0.2, -0.15) is 0 Å². The Hall–Kier alpha value is -6.65. The maximum Gasteiger partial charge on any atom is 0.165 e. The van der Waals surface area contributed by atoms with E-state index in [9.17, 15) is 0 Å². The Balaban J connectivity index is 1.25. The van der Waals surface area contributed by atoms with Gasteiger partial charge in [-0.15, -0.1) is 0 Å². The zero-order valence-electron chi connectivity index (χ0n) is 28.7. The van der Waals surface area contributed by atoms with Gasteiger partial charge in [0.25, 0.3) is 0 Å². The predicted octanol–water partition coefficient (Wildman–Crippen LogP) is 10.3. The van der Waals surface area contributed by atoms with Crippen molar-refractivity contribution in [3.05, 3.63) is 191 Å². The summed E-state index contributed by atoms with van der Waals surface area (Å²) in [4.78, 5) is 15.7. The molecule has 1 aliphatic carbocycles. The second kappa shape index (κ2) is 13.6. The van der Waals surface area contributed by atoms with E-state index < -0.39 is 0 Å². The number of aromatic nitrogens is 3. The molecule has 6 aromatic carbocycles. The van der Waals surface area contributed by atoms with Gasteiger partial charge in [0, 0.05) is 27.5 Å². The number of benzene rings is 6. The summed E-state index contributed by atoms with van der Waals surface area (Å²) in [6.45, 7) is 3.83. The predicted molar refractivity (Wildman–Crippen MR) is 214 cm³/mol. The van der Waals surface area contributed by atoms with Crippen molar-refractivity contribution in [1.82, 2.24) is 15.0 Å². The highest BCUT2D eigenvalue weighted by Gasteiger charge is 2.23. The summed E-state index contributed by atoms with van der Waals surface area (Å²) in [6, 6.07) is 48.5. The minimum absolute atomic E-state index is 0.627. The van der Waals surface area contributed by atoms with Crippen LogP contribution in [-0.2, 0) is 6.42 Å². The fraction of sp³-hybridized carbons (Fsp3) is 0.0625. The molecule has 1 aliphatic rings. The molecule has 0 radical (unpaired) electrons. The molecule has 2 aromatic heterocycles. The van der Waals surface area contributed by atoms with Crippen molar-refractivity contribution in [2.24, 2.45) is 0 Å². The summed E-state index contributed by atoms with van der Waals surface area (Å²) in [7, 11) is 0. The first-order valence-electron chi connectivity index (χ1n) is 17.7. The third kappa shape index (κ3) is 5.84. The van der Waals surface area contributed by atoms with E-state index in [1.165, 1.54) is 32.7 Å². The Labute approximate surface area is 302 Å². The number of para-hydroxylation sites is 1. The Kier molecular flexibility index (Phi) is 8.18. The lowest BCUT2D eigenvalue weighted by Crippen LogP contribution is -2.29. The highest BCUT2D eigenvalue weighted by molar-refractivity contribution is 6.14. The second-order valence-electron chi connectivity index (χ2n) is 13.1. The van der Waals surface area contributed by atoms with E-state index in [0.29, 0.717) is 17.5 Å². The second-order valence-corrected chi connectivity index (χ2v) is 13.1. The van der Waals surface area contributed by atoms with Crippen molar-refractivity contribution in [2.45, 2.75) is 19.3 Å². The first-order valence-corrected chi connectivity index (χ1v) is 17.7. The van der Waals surface area contributed by atoms with Crippen LogP contribution in [0.2, 0.25) is 0 Å². The van der Waals surface area contributed by atoms with Gasteiger partial charge in [0.1, 0.15) is 11.2 Å². The maximum atomic E-state index is 6.45. The Morgan fingerprint density at radius 3 is 2.19 bits per heavy atom. The number of furan rings is 1. The number of hydrogen-bond donors (Lipinski definition) is 0. The quantitative estimate of drug-likeness (QED) is 0.151. The third-order valence-electron chi connectivity index (χ3n) is 9.88. The van der Waals surface area contributed by atoms with Crippen LogP contribution in [0, 0.1) is 0 Å². The van der Waals surface area contributed by atoms with Crippen LogP contribution in [-0.4, -0.2) is 15.0 Å². The number of rotatable bonds is 8. The largest absolute Gasteiger partial charge is 0.456 e. The van der Waals surface area contributed by atoms with Crippen LogP contribution in [0.1, 0.15) is 35.1 Å². The normalized spacial score (nSPS) is 12.7. The van der Waals surface area contributed by atoms with Crippen LogP contribution < -0.4 is 10.4 Å². The fourth-order valence-corrected chi connectivity index (χ4v) is 7.39. The van der Waals surface area contributed by atoms with Gasteiger partial charge in [0.15, 0.2) is 17.5 Å². The lowest BCUT2D eigenvalue weighted by Gasteiger charge is -2.17. The molecule has 2 heterocycles. The topological polar surface area (TPSA) is 51.8 Å². The molecule has 0 aliphatic heterocycles. The molecule has 0 spiro atoms. The molecule has 4 heteroatoms. The molecule has 0 amide bonds. The third-order valence-corrected chi connectivity index (χ3v) is 9.88. The minimum atomic E-state index is 0.627. The van der Waals surface area contributed by atoms with Crippen molar-refractivity contribution in [3.63, 3.8) is 0 Å². The number of nitrogens with zero attached hydrogens (tertiary/aromatic N) is 3. The molecule has 4 nitrogen and oxygen atoms in total. The summed E-state index contributed by atoms with van der Waals surface area (Å²) in [5.41, 5.74) is 10.6. The number of hydrogen-bond acceptors (Lipinski definition) is 4. The molecular weight excluding hydrogens is 635 g/mol. The van der Waals surface area contributed by atoms with Crippen LogP contribution in [0.4, 0.5) is 0 Å². The summed E-state index contributed by atoms with van der Waals surface area (Å²) >= 11 is 0. The molecule has 0 saturated heterocycles. The molecule has 248 valence electrons. The van der Waals surface area contributed by atoms with Crippen molar-refractivity contribution < 1.29 is 4.42 Å². The lowest BCUT2D eigenvalue weighted by atomic mass is 9.88. The fourth-order valence-electron chi connectivity index (χ4n) is 7.39. The van der Waals surface area contributed by atoms with Crippen LogP contribution in [0.5, 0.6) is 0 Å². The van der Waals surface area contributed by atoms with Gasteiger partial charge >= 0.3 is 0 Å². The zero-order chi connectivity index (χ0) is 34.9. The van der Waals surface area contributed by atoms with Crippen molar-refractivity contribution in [2.75, 3.05) is 0 Å². The standard InChI is InChI=1S/C48H35N3O/c1-2-3-14-33-15-7-8-19-37(33)31-32-25-27-36(28-26-32)47-49-46(35-17-5-4-6-18-35)50-48(51-47)45-40(39-23-13-20-34-16-9-10-21-38(34)39)29-30-43-44(45)41-22-11-12-24-42(41)52-43/h2-12,14-22,24-30H,1,13,23,31H2/b14-3-. The molecule has 0 N–H and O–H groups in total. The Morgan fingerprint density at radius 1 is 0.635 bits per heavy atom. The monoisotopic (exact) mass is 669 g/mol. The first-order chi connectivity index (χ1) is 25.7. The van der Waals surface area contributed by atoms with Gasteiger partial charge in [-0.1, -0.05) is 158 Å². The molecule has 9 rings (SSSR count). The lowest BCUT2D eigenvalue weighted by molar-refractivity contribution is 0.669. The van der Waals surface area contributed by atoms with Crippen molar-refractivity contribution >= 4 is 39.7 Å². The van der Waals surface area contributed by atoms with Gasteiger partial charge in [-0.05, 0) is 69.7 Å². The average Bonchev–Trinajstić information content (AvgIpc) is 3.59. The van der Waals surface area contributed by atoms with Crippen molar-refractivity contribution in [1.29, 1.82) is 0 Å². The Morgan fingerprint density at radius 2 is 1.35 bits per heavy atom. The van der Waals surface area contributed by atoms with Gasteiger partial charge < -0.3 is 4.42 Å². The molecule has 8 aromatic rings.